The van der Waals surface area contributed by atoms with Gasteiger partial charge in [0.25, 0.3) is 0 Å². The standard InChI is InChI=1S/C19H36N4O3/c1-13(2)11-17(20-6)19(26)22-12-18(25)23-16(14(3)4)9-7-8-10-21-15(5)24/h13,16-17,20H,3,7-12H2,1-2,4-6H3,(H,21,24)(H,22,26)(H,23,25)/t16-,17-/m0/s1. The molecule has 7 nitrogen and oxygen atoms in total. The first-order valence-electron chi connectivity index (χ1n) is 9.31. The molecule has 0 aliphatic heterocycles. The molecule has 7 heteroatoms. The Morgan fingerprint density at radius 1 is 1.00 bits per heavy atom. The molecule has 0 rings (SSSR count). The topological polar surface area (TPSA) is 99.3 Å². The van der Waals surface area contributed by atoms with Gasteiger partial charge in [0.2, 0.25) is 17.7 Å². The van der Waals surface area contributed by atoms with Crippen LogP contribution in [0.15, 0.2) is 12.2 Å². The van der Waals surface area contributed by atoms with Crippen molar-refractivity contribution in [2.24, 2.45) is 5.92 Å². The van der Waals surface area contributed by atoms with E-state index in [4.69, 9.17) is 0 Å². The molecule has 0 aromatic carbocycles. The number of hydrogen-bond donors (Lipinski definition) is 4. The van der Waals surface area contributed by atoms with Crippen LogP contribution in [0.5, 0.6) is 0 Å². The predicted molar refractivity (Wildman–Crippen MR) is 105 cm³/mol. The number of nitrogens with one attached hydrogen (secondary N) is 4. The van der Waals surface area contributed by atoms with E-state index in [9.17, 15) is 14.4 Å². The number of likely N-dealkylation sites (N-methyl/N-ethyl adjacent to an activating group) is 1. The summed E-state index contributed by atoms with van der Waals surface area (Å²) in [6.45, 7) is 12.0. The number of carbonyl (C=O) groups is 3. The third-order valence-corrected chi connectivity index (χ3v) is 4.02. The molecule has 0 aliphatic rings. The van der Waals surface area contributed by atoms with Crippen LogP contribution in [0.2, 0.25) is 0 Å². The Balaban J connectivity index is 4.27. The van der Waals surface area contributed by atoms with E-state index in [2.05, 4.69) is 27.8 Å². The smallest absolute Gasteiger partial charge is 0.239 e. The third-order valence-electron chi connectivity index (χ3n) is 4.02. The van der Waals surface area contributed by atoms with Gasteiger partial charge >= 0.3 is 0 Å². The van der Waals surface area contributed by atoms with Crippen molar-refractivity contribution in [3.05, 3.63) is 12.2 Å². The SMILES string of the molecule is C=C(C)[C@H](CCCCNC(C)=O)NC(=O)CNC(=O)[C@H](CC(C)C)NC. The van der Waals surface area contributed by atoms with Crippen LogP contribution in [0.4, 0.5) is 0 Å². The molecule has 26 heavy (non-hydrogen) atoms. The Morgan fingerprint density at radius 2 is 1.65 bits per heavy atom. The van der Waals surface area contributed by atoms with Gasteiger partial charge in [0.15, 0.2) is 0 Å². The fraction of sp³-hybridized carbons (Fsp3) is 0.737. The summed E-state index contributed by atoms with van der Waals surface area (Å²) in [5, 5.41) is 11.3. The molecule has 4 N–H and O–H groups in total. The van der Waals surface area contributed by atoms with Gasteiger partial charge in [0, 0.05) is 19.5 Å². The van der Waals surface area contributed by atoms with Crippen LogP contribution in [0.3, 0.4) is 0 Å². The minimum Gasteiger partial charge on any atom is -0.356 e. The first kappa shape index (κ1) is 24.1. The third kappa shape index (κ3) is 11.6. The average Bonchev–Trinajstić information content (AvgIpc) is 2.55. The lowest BCUT2D eigenvalue weighted by molar-refractivity contribution is -0.127. The second-order valence-electron chi connectivity index (χ2n) is 7.13. The van der Waals surface area contributed by atoms with E-state index in [1.165, 1.54) is 6.92 Å². The quantitative estimate of drug-likeness (QED) is 0.289. The summed E-state index contributed by atoms with van der Waals surface area (Å²) >= 11 is 0. The first-order valence-corrected chi connectivity index (χ1v) is 9.31. The van der Waals surface area contributed by atoms with Crippen LogP contribution in [0, 0.1) is 5.92 Å². The highest BCUT2D eigenvalue weighted by atomic mass is 16.2. The summed E-state index contributed by atoms with van der Waals surface area (Å²) in [5.74, 6) is -0.0497. The van der Waals surface area contributed by atoms with E-state index in [0.717, 1.165) is 24.8 Å². The van der Waals surface area contributed by atoms with E-state index in [1.54, 1.807) is 7.05 Å². The zero-order valence-electron chi connectivity index (χ0n) is 16.9. The Kier molecular flexibility index (Phi) is 12.4. The number of carbonyl (C=O) groups excluding carboxylic acids is 3. The van der Waals surface area contributed by atoms with Gasteiger partial charge in [-0.2, -0.15) is 0 Å². The molecule has 0 fully saturated rings. The van der Waals surface area contributed by atoms with Gasteiger partial charge in [0.05, 0.1) is 12.6 Å². The van der Waals surface area contributed by atoms with E-state index in [1.807, 2.05) is 20.8 Å². The maximum absolute atomic E-state index is 12.1. The highest BCUT2D eigenvalue weighted by Crippen LogP contribution is 2.08. The van der Waals surface area contributed by atoms with Gasteiger partial charge in [0.1, 0.15) is 0 Å². The van der Waals surface area contributed by atoms with Crippen molar-refractivity contribution in [2.45, 2.75) is 65.5 Å². The predicted octanol–water partition coefficient (Wildman–Crippen LogP) is 1.10. The number of rotatable bonds is 13. The largest absolute Gasteiger partial charge is 0.356 e. The number of hydrogen-bond acceptors (Lipinski definition) is 4. The van der Waals surface area contributed by atoms with Crippen molar-refractivity contribution in [1.29, 1.82) is 0 Å². The molecule has 0 saturated heterocycles. The number of unbranched alkanes of at least 4 members (excludes halogenated alkanes) is 1. The molecule has 0 spiro atoms. The van der Waals surface area contributed by atoms with Crippen LogP contribution in [0.25, 0.3) is 0 Å². The van der Waals surface area contributed by atoms with E-state index in [-0.39, 0.29) is 36.3 Å². The van der Waals surface area contributed by atoms with Gasteiger partial charge < -0.3 is 21.3 Å². The van der Waals surface area contributed by atoms with Crippen molar-refractivity contribution in [2.75, 3.05) is 20.1 Å². The monoisotopic (exact) mass is 368 g/mol. The lowest BCUT2D eigenvalue weighted by Crippen LogP contribution is -2.48. The molecule has 0 aromatic heterocycles. The van der Waals surface area contributed by atoms with Gasteiger partial charge in [-0.3, -0.25) is 14.4 Å². The van der Waals surface area contributed by atoms with E-state index < -0.39 is 0 Å². The summed E-state index contributed by atoms with van der Waals surface area (Å²) in [6.07, 6.45) is 3.17. The molecule has 0 aliphatic carbocycles. The minimum absolute atomic E-state index is 0.0390. The first-order chi connectivity index (χ1) is 12.2. The maximum atomic E-state index is 12.1. The number of amides is 3. The van der Waals surface area contributed by atoms with Gasteiger partial charge in [-0.25, -0.2) is 0 Å². The highest BCUT2D eigenvalue weighted by Gasteiger charge is 2.19. The second-order valence-corrected chi connectivity index (χ2v) is 7.13. The molecule has 2 atom stereocenters. The summed E-state index contributed by atoms with van der Waals surface area (Å²) in [4.78, 5) is 35.1. The normalized spacial score (nSPS) is 13.0. The Labute approximate surface area is 157 Å². The fourth-order valence-electron chi connectivity index (χ4n) is 2.54. The molecule has 150 valence electrons. The molecule has 0 saturated carbocycles. The molecule has 0 unspecified atom stereocenters. The lowest BCUT2D eigenvalue weighted by Gasteiger charge is -2.21. The molecular formula is C19H36N4O3. The Bertz CT molecular complexity index is 477. The summed E-state index contributed by atoms with van der Waals surface area (Å²) in [5.41, 5.74) is 0.872. The maximum Gasteiger partial charge on any atom is 0.239 e. The van der Waals surface area contributed by atoms with E-state index >= 15 is 0 Å². The molecule has 0 bridgehead atoms. The van der Waals surface area contributed by atoms with Crippen LogP contribution in [0.1, 0.15) is 53.4 Å². The molecule has 3 amide bonds. The van der Waals surface area contributed by atoms with Gasteiger partial charge in [-0.05, 0) is 45.6 Å². The van der Waals surface area contributed by atoms with Crippen LogP contribution >= 0.6 is 0 Å². The van der Waals surface area contributed by atoms with Gasteiger partial charge in [-0.15, -0.1) is 0 Å². The van der Waals surface area contributed by atoms with Crippen molar-refractivity contribution in [3.8, 4) is 0 Å². The molecular weight excluding hydrogens is 332 g/mol. The van der Waals surface area contributed by atoms with Crippen molar-refractivity contribution < 1.29 is 14.4 Å². The highest BCUT2D eigenvalue weighted by molar-refractivity contribution is 5.87. The average molecular weight is 369 g/mol. The summed E-state index contributed by atoms with van der Waals surface area (Å²) in [6, 6.07) is -0.430. The lowest BCUT2D eigenvalue weighted by atomic mass is 10.0. The zero-order valence-corrected chi connectivity index (χ0v) is 16.9. The summed E-state index contributed by atoms with van der Waals surface area (Å²) in [7, 11) is 1.74. The fourth-order valence-corrected chi connectivity index (χ4v) is 2.54. The van der Waals surface area contributed by atoms with Crippen LogP contribution in [-0.2, 0) is 14.4 Å². The van der Waals surface area contributed by atoms with Crippen LogP contribution < -0.4 is 21.3 Å². The minimum atomic E-state index is -0.298. The van der Waals surface area contributed by atoms with Crippen LogP contribution in [-0.4, -0.2) is 49.9 Å². The molecule has 0 aromatic rings. The van der Waals surface area contributed by atoms with E-state index in [0.29, 0.717) is 18.9 Å². The Hall–Kier alpha value is -1.89. The van der Waals surface area contributed by atoms with Gasteiger partial charge in [-0.1, -0.05) is 26.0 Å². The second kappa shape index (κ2) is 13.3. The zero-order chi connectivity index (χ0) is 20.1. The molecule has 0 heterocycles. The van der Waals surface area contributed by atoms with Crippen molar-refractivity contribution >= 4 is 17.7 Å². The molecule has 0 radical (unpaired) electrons. The van der Waals surface area contributed by atoms with Crippen molar-refractivity contribution in [1.82, 2.24) is 21.3 Å². The Morgan fingerprint density at radius 3 is 2.15 bits per heavy atom. The van der Waals surface area contributed by atoms with Crippen molar-refractivity contribution in [3.63, 3.8) is 0 Å². The summed E-state index contributed by atoms with van der Waals surface area (Å²) < 4.78 is 0.